The average molecular weight is 555 g/mol. The van der Waals surface area contributed by atoms with Crippen molar-refractivity contribution in [2.24, 2.45) is 11.7 Å². The first kappa shape index (κ1) is 30.3. The second-order valence-corrected chi connectivity index (χ2v) is 10.9. The molecule has 3 rings (SSSR count). The summed E-state index contributed by atoms with van der Waals surface area (Å²) in [5.74, 6) is -1.32. The Morgan fingerprint density at radius 2 is 1.73 bits per heavy atom. The van der Waals surface area contributed by atoms with Gasteiger partial charge in [-0.2, -0.15) is 0 Å². The standard InChI is InChI=1S/C29H38N4O7/c1-17-16-22(17)33(27(37)21(14-15-24(30)35)32-28(38)40-29(2,3)4)25(20-8-6-7-9-23(20)34)26(36)31-18-10-12-19(39-5)13-11-18/h6-13,17,21-22,25,34H,14-16H2,1-5H3,(H2,30,35)(H,31,36)(H,32,38). The number of phenolic OH excluding ortho intramolecular Hbond substituents is 1. The van der Waals surface area contributed by atoms with Gasteiger partial charge >= 0.3 is 6.09 Å². The molecule has 1 saturated carbocycles. The van der Waals surface area contributed by atoms with E-state index >= 15 is 0 Å². The fourth-order valence-corrected chi connectivity index (χ4v) is 4.37. The Hall–Kier alpha value is -4.28. The second-order valence-electron chi connectivity index (χ2n) is 10.9. The number of hydrogen-bond donors (Lipinski definition) is 4. The Bertz CT molecular complexity index is 1230. The quantitative estimate of drug-likeness (QED) is 0.331. The lowest BCUT2D eigenvalue weighted by atomic mass is 10.00. The van der Waals surface area contributed by atoms with Gasteiger partial charge in [-0.15, -0.1) is 0 Å². The first-order valence-electron chi connectivity index (χ1n) is 13.1. The van der Waals surface area contributed by atoms with Crippen LogP contribution >= 0.6 is 0 Å². The number of amides is 4. The van der Waals surface area contributed by atoms with Gasteiger partial charge in [0.25, 0.3) is 5.91 Å². The van der Waals surface area contributed by atoms with E-state index in [1.807, 2.05) is 6.92 Å². The van der Waals surface area contributed by atoms with Crippen molar-refractivity contribution in [3.8, 4) is 11.5 Å². The number of rotatable bonds is 11. The van der Waals surface area contributed by atoms with E-state index in [4.69, 9.17) is 15.2 Å². The van der Waals surface area contributed by atoms with Gasteiger partial charge in [0.2, 0.25) is 11.8 Å². The lowest BCUT2D eigenvalue weighted by Crippen LogP contribution is -2.53. The van der Waals surface area contributed by atoms with Crippen molar-refractivity contribution < 1.29 is 33.8 Å². The van der Waals surface area contributed by atoms with E-state index in [1.165, 1.54) is 18.1 Å². The minimum atomic E-state index is -1.25. The Morgan fingerprint density at radius 3 is 2.25 bits per heavy atom. The highest BCUT2D eigenvalue weighted by Gasteiger charge is 2.48. The van der Waals surface area contributed by atoms with Crippen molar-refractivity contribution in [3.63, 3.8) is 0 Å². The maximum absolute atomic E-state index is 14.2. The minimum absolute atomic E-state index is 0.0596. The van der Waals surface area contributed by atoms with Gasteiger partial charge < -0.3 is 35.8 Å². The predicted octanol–water partition coefficient (Wildman–Crippen LogP) is 3.48. The summed E-state index contributed by atoms with van der Waals surface area (Å²) in [6, 6.07) is 10.1. The van der Waals surface area contributed by atoms with E-state index in [9.17, 15) is 24.3 Å². The summed E-state index contributed by atoms with van der Waals surface area (Å²) < 4.78 is 10.5. The molecule has 4 unspecified atom stereocenters. The molecule has 4 atom stereocenters. The topological polar surface area (TPSA) is 160 Å². The van der Waals surface area contributed by atoms with Crippen molar-refractivity contribution in [3.05, 3.63) is 54.1 Å². The molecule has 2 aromatic carbocycles. The molecule has 5 N–H and O–H groups in total. The third-order valence-corrected chi connectivity index (χ3v) is 6.46. The van der Waals surface area contributed by atoms with Crippen LogP contribution in [0.5, 0.6) is 11.5 Å². The molecule has 0 aliphatic heterocycles. The molecule has 1 aliphatic rings. The van der Waals surface area contributed by atoms with Crippen LogP contribution in [-0.4, -0.2) is 58.6 Å². The number of carbonyl (C=O) groups is 4. The summed E-state index contributed by atoms with van der Waals surface area (Å²) in [5.41, 5.74) is 5.20. The van der Waals surface area contributed by atoms with Crippen LogP contribution in [0.4, 0.5) is 10.5 Å². The van der Waals surface area contributed by atoms with Gasteiger partial charge in [0.05, 0.1) is 7.11 Å². The fourth-order valence-electron chi connectivity index (χ4n) is 4.37. The lowest BCUT2D eigenvalue weighted by molar-refractivity contribution is -0.142. The first-order chi connectivity index (χ1) is 18.8. The van der Waals surface area contributed by atoms with E-state index < -0.39 is 41.5 Å². The molecular formula is C29H38N4O7. The van der Waals surface area contributed by atoms with Gasteiger partial charge in [0, 0.05) is 23.7 Å². The smallest absolute Gasteiger partial charge is 0.408 e. The molecule has 11 heteroatoms. The Labute approximate surface area is 234 Å². The monoisotopic (exact) mass is 554 g/mol. The van der Waals surface area contributed by atoms with Gasteiger partial charge in [-0.1, -0.05) is 25.1 Å². The number of nitrogens with two attached hydrogens (primary N) is 1. The van der Waals surface area contributed by atoms with E-state index in [-0.39, 0.29) is 36.1 Å². The van der Waals surface area contributed by atoms with Crippen LogP contribution in [0.1, 0.15) is 58.6 Å². The maximum Gasteiger partial charge on any atom is 0.408 e. The fraction of sp³-hybridized carbons (Fsp3) is 0.448. The molecule has 4 amide bonds. The van der Waals surface area contributed by atoms with Crippen LogP contribution in [0.3, 0.4) is 0 Å². The summed E-state index contributed by atoms with van der Waals surface area (Å²) in [6.07, 6.45) is -0.514. The highest BCUT2D eigenvalue weighted by atomic mass is 16.6. The summed E-state index contributed by atoms with van der Waals surface area (Å²) >= 11 is 0. The number of phenols is 1. The van der Waals surface area contributed by atoms with Crippen LogP contribution < -0.4 is 21.1 Å². The molecule has 1 aliphatic carbocycles. The Balaban J connectivity index is 2.02. The summed E-state index contributed by atoms with van der Waals surface area (Å²) in [4.78, 5) is 53.7. The molecule has 0 spiro atoms. The molecule has 0 saturated heterocycles. The zero-order valence-corrected chi connectivity index (χ0v) is 23.5. The van der Waals surface area contributed by atoms with E-state index in [1.54, 1.807) is 63.2 Å². The number of ether oxygens (including phenoxy) is 2. The molecule has 0 bridgehead atoms. The van der Waals surface area contributed by atoms with Crippen LogP contribution in [0.2, 0.25) is 0 Å². The minimum Gasteiger partial charge on any atom is -0.508 e. The molecule has 0 aromatic heterocycles. The summed E-state index contributed by atoms with van der Waals surface area (Å²) in [6.45, 7) is 6.99. The number of alkyl carbamates (subject to hydrolysis) is 1. The van der Waals surface area contributed by atoms with Crippen LogP contribution in [-0.2, 0) is 19.1 Å². The molecule has 1 fully saturated rings. The Kier molecular flexibility index (Phi) is 9.62. The van der Waals surface area contributed by atoms with Crippen molar-refractivity contribution in [2.45, 2.75) is 70.7 Å². The number of para-hydroxylation sites is 1. The number of primary amides is 1. The highest BCUT2D eigenvalue weighted by molar-refractivity contribution is 5.99. The number of hydrogen-bond acceptors (Lipinski definition) is 7. The zero-order chi connectivity index (χ0) is 29.6. The predicted molar refractivity (Wildman–Crippen MR) is 148 cm³/mol. The molecular weight excluding hydrogens is 516 g/mol. The van der Waals surface area contributed by atoms with Crippen LogP contribution in [0.25, 0.3) is 0 Å². The van der Waals surface area contributed by atoms with Gasteiger partial charge in [0.15, 0.2) is 0 Å². The van der Waals surface area contributed by atoms with Crippen molar-refractivity contribution in [1.82, 2.24) is 10.2 Å². The average Bonchev–Trinajstić information content (AvgIpc) is 3.60. The first-order valence-corrected chi connectivity index (χ1v) is 13.1. The van der Waals surface area contributed by atoms with E-state index in [0.29, 0.717) is 17.9 Å². The third kappa shape index (κ3) is 8.11. The Morgan fingerprint density at radius 1 is 1.10 bits per heavy atom. The molecule has 216 valence electrons. The number of anilines is 1. The highest BCUT2D eigenvalue weighted by Crippen LogP contribution is 2.42. The van der Waals surface area contributed by atoms with Gasteiger partial charge in [-0.25, -0.2) is 4.79 Å². The number of nitrogens with zero attached hydrogens (tertiary/aromatic N) is 1. The number of aromatic hydroxyl groups is 1. The second kappa shape index (κ2) is 12.7. The number of nitrogens with one attached hydrogen (secondary N) is 2. The van der Waals surface area contributed by atoms with Crippen molar-refractivity contribution in [2.75, 3.05) is 12.4 Å². The summed E-state index contributed by atoms with van der Waals surface area (Å²) in [5, 5.41) is 16.2. The SMILES string of the molecule is COc1ccc(NC(=O)C(c2ccccc2O)N(C(=O)C(CCC(N)=O)NC(=O)OC(C)(C)C)C2CC2C)cc1. The molecule has 2 aromatic rings. The lowest BCUT2D eigenvalue weighted by Gasteiger charge is -2.35. The van der Waals surface area contributed by atoms with Crippen LogP contribution in [0, 0.1) is 5.92 Å². The third-order valence-electron chi connectivity index (χ3n) is 6.46. The number of carbonyl (C=O) groups excluding carboxylic acids is 4. The van der Waals surface area contributed by atoms with Crippen molar-refractivity contribution >= 4 is 29.5 Å². The van der Waals surface area contributed by atoms with Gasteiger partial charge in [-0.3, -0.25) is 14.4 Å². The van der Waals surface area contributed by atoms with Crippen molar-refractivity contribution in [1.29, 1.82) is 0 Å². The number of benzene rings is 2. The molecule has 40 heavy (non-hydrogen) atoms. The molecule has 0 radical (unpaired) electrons. The largest absolute Gasteiger partial charge is 0.508 e. The molecule has 11 nitrogen and oxygen atoms in total. The van der Waals surface area contributed by atoms with Gasteiger partial charge in [-0.05, 0) is 69.9 Å². The molecule has 0 heterocycles. The normalized spacial score (nSPS) is 17.6. The van der Waals surface area contributed by atoms with E-state index in [2.05, 4.69) is 10.6 Å². The maximum atomic E-state index is 14.2. The van der Waals surface area contributed by atoms with E-state index in [0.717, 1.165) is 0 Å². The van der Waals surface area contributed by atoms with Crippen LogP contribution in [0.15, 0.2) is 48.5 Å². The number of methoxy groups -OCH3 is 1. The van der Waals surface area contributed by atoms with Gasteiger partial charge in [0.1, 0.15) is 29.2 Å². The summed E-state index contributed by atoms with van der Waals surface area (Å²) in [7, 11) is 1.53. The zero-order valence-electron chi connectivity index (χ0n) is 23.5.